The molecule has 0 amide bonds. The van der Waals surface area contributed by atoms with E-state index < -0.39 is 11.7 Å². The summed E-state index contributed by atoms with van der Waals surface area (Å²) < 4.78 is 38.3. The fraction of sp³-hybridized carbons (Fsp3) is 0.647. The van der Waals surface area contributed by atoms with Crippen LogP contribution >= 0.6 is 0 Å². The Balaban J connectivity index is 2.01. The van der Waals surface area contributed by atoms with Crippen LogP contribution < -0.4 is 5.32 Å². The molecular formula is C17H24F3N. The maximum absolute atomic E-state index is 12.8. The van der Waals surface area contributed by atoms with Crippen molar-refractivity contribution in [1.82, 2.24) is 5.32 Å². The van der Waals surface area contributed by atoms with E-state index >= 15 is 0 Å². The van der Waals surface area contributed by atoms with Gasteiger partial charge in [-0.3, -0.25) is 0 Å². The number of halogens is 3. The van der Waals surface area contributed by atoms with Crippen LogP contribution in [0.25, 0.3) is 0 Å². The van der Waals surface area contributed by atoms with Gasteiger partial charge in [0.2, 0.25) is 0 Å². The first-order chi connectivity index (χ1) is 9.88. The summed E-state index contributed by atoms with van der Waals surface area (Å²) in [6.45, 7) is 4.09. The van der Waals surface area contributed by atoms with Crippen LogP contribution in [0, 0.1) is 5.92 Å². The van der Waals surface area contributed by atoms with E-state index in [1.165, 1.54) is 44.2 Å². The molecule has 1 aliphatic carbocycles. The molecule has 0 heterocycles. The van der Waals surface area contributed by atoms with Crippen molar-refractivity contribution >= 4 is 0 Å². The minimum absolute atomic E-state index is 0.0655. The van der Waals surface area contributed by atoms with Crippen molar-refractivity contribution in [2.75, 3.05) is 0 Å². The van der Waals surface area contributed by atoms with Crippen LogP contribution in [0.1, 0.15) is 63.1 Å². The molecular weight excluding hydrogens is 275 g/mol. The molecule has 0 saturated heterocycles. The largest absolute Gasteiger partial charge is 0.416 e. The fourth-order valence-electron chi connectivity index (χ4n) is 3.25. The summed E-state index contributed by atoms with van der Waals surface area (Å²) in [5.41, 5.74) is 0.131. The third-order valence-corrected chi connectivity index (χ3v) is 4.58. The van der Waals surface area contributed by atoms with Gasteiger partial charge in [-0.1, -0.05) is 31.4 Å². The molecule has 1 N–H and O–H groups in total. The molecule has 0 bridgehead atoms. The third-order valence-electron chi connectivity index (χ3n) is 4.58. The first-order valence-electron chi connectivity index (χ1n) is 7.81. The molecule has 4 heteroatoms. The first-order valence-corrected chi connectivity index (χ1v) is 7.81. The zero-order chi connectivity index (χ0) is 15.5. The maximum Gasteiger partial charge on any atom is 0.416 e. The van der Waals surface area contributed by atoms with Gasteiger partial charge in [0, 0.05) is 12.1 Å². The van der Waals surface area contributed by atoms with Crippen LogP contribution in [-0.4, -0.2) is 6.04 Å². The predicted octanol–water partition coefficient (Wildman–Crippen LogP) is 5.32. The lowest BCUT2D eigenvalue weighted by Crippen LogP contribution is -2.36. The Kier molecular flexibility index (Phi) is 5.31. The van der Waals surface area contributed by atoms with E-state index in [1.807, 2.05) is 6.92 Å². The summed E-state index contributed by atoms with van der Waals surface area (Å²) in [6.07, 6.45) is 2.04. The van der Waals surface area contributed by atoms with Gasteiger partial charge in [-0.05, 0) is 50.3 Å². The van der Waals surface area contributed by atoms with Crippen molar-refractivity contribution in [3.05, 3.63) is 35.4 Å². The van der Waals surface area contributed by atoms with Crippen LogP contribution in [0.2, 0.25) is 0 Å². The molecule has 0 radical (unpaired) electrons. The summed E-state index contributed by atoms with van der Waals surface area (Å²) in [5.74, 6) is 0.645. The second-order valence-electron chi connectivity index (χ2n) is 6.20. The quantitative estimate of drug-likeness (QED) is 0.793. The Morgan fingerprint density at radius 2 is 1.76 bits per heavy atom. The minimum atomic E-state index is -4.27. The molecule has 2 rings (SSSR count). The lowest BCUT2D eigenvalue weighted by Gasteiger charge is -2.31. The lowest BCUT2D eigenvalue weighted by atomic mass is 9.84. The molecule has 0 spiro atoms. The van der Waals surface area contributed by atoms with Crippen molar-refractivity contribution in [1.29, 1.82) is 0 Å². The van der Waals surface area contributed by atoms with Crippen LogP contribution in [0.3, 0.4) is 0 Å². The Bertz CT molecular complexity index is 450. The van der Waals surface area contributed by atoms with Gasteiger partial charge in [0.25, 0.3) is 0 Å². The molecule has 21 heavy (non-hydrogen) atoms. The molecule has 2 atom stereocenters. The highest BCUT2D eigenvalue weighted by molar-refractivity contribution is 5.27. The van der Waals surface area contributed by atoms with E-state index in [0.717, 1.165) is 6.07 Å². The molecule has 1 saturated carbocycles. The standard InChI is InChI=1S/C17H24F3N/c1-12(14-7-4-3-5-8-14)21-13(2)15-9-6-10-16(11-15)17(18,19)20/h6,9-14,21H,3-5,7-8H2,1-2H3/t12-,13?/m0/s1. The third kappa shape index (κ3) is 4.47. The second-order valence-corrected chi connectivity index (χ2v) is 6.20. The van der Waals surface area contributed by atoms with Crippen molar-refractivity contribution in [2.24, 2.45) is 5.92 Å². The van der Waals surface area contributed by atoms with E-state index in [-0.39, 0.29) is 6.04 Å². The summed E-state index contributed by atoms with van der Waals surface area (Å²) in [7, 11) is 0. The Morgan fingerprint density at radius 3 is 2.38 bits per heavy atom. The monoisotopic (exact) mass is 299 g/mol. The number of nitrogens with one attached hydrogen (secondary N) is 1. The van der Waals surface area contributed by atoms with Crippen molar-refractivity contribution in [3.63, 3.8) is 0 Å². The topological polar surface area (TPSA) is 12.0 Å². The van der Waals surface area contributed by atoms with Gasteiger partial charge in [-0.15, -0.1) is 0 Å². The van der Waals surface area contributed by atoms with Crippen LogP contribution in [0.4, 0.5) is 13.2 Å². The summed E-state index contributed by atoms with van der Waals surface area (Å²) >= 11 is 0. The lowest BCUT2D eigenvalue weighted by molar-refractivity contribution is -0.137. The van der Waals surface area contributed by atoms with Crippen LogP contribution in [0.15, 0.2) is 24.3 Å². The van der Waals surface area contributed by atoms with Crippen LogP contribution in [0.5, 0.6) is 0 Å². The second kappa shape index (κ2) is 6.82. The highest BCUT2D eigenvalue weighted by Gasteiger charge is 2.31. The number of benzene rings is 1. The van der Waals surface area contributed by atoms with Gasteiger partial charge in [-0.25, -0.2) is 0 Å². The van der Waals surface area contributed by atoms with E-state index in [2.05, 4.69) is 12.2 Å². The zero-order valence-electron chi connectivity index (χ0n) is 12.7. The molecule has 1 unspecified atom stereocenters. The summed E-state index contributed by atoms with van der Waals surface area (Å²) in [5, 5.41) is 3.48. The average Bonchev–Trinajstić information content (AvgIpc) is 2.47. The molecule has 1 aromatic rings. The number of hydrogen-bond donors (Lipinski definition) is 1. The van der Waals surface area contributed by atoms with Crippen molar-refractivity contribution in [3.8, 4) is 0 Å². The normalized spacial score (nSPS) is 20.2. The van der Waals surface area contributed by atoms with Gasteiger partial charge in [-0.2, -0.15) is 13.2 Å². The highest BCUT2D eigenvalue weighted by atomic mass is 19.4. The van der Waals surface area contributed by atoms with E-state index in [1.54, 1.807) is 6.07 Å². The van der Waals surface area contributed by atoms with E-state index in [9.17, 15) is 13.2 Å². The highest BCUT2D eigenvalue weighted by Crippen LogP contribution is 2.31. The van der Waals surface area contributed by atoms with Crippen LogP contribution in [-0.2, 0) is 6.18 Å². The average molecular weight is 299 g/mol. The van der Waals surface area contributed by atoms with Crippen molar-refractivity contribution < 1.29 is 13.2 Å². The van der Waals surface area contributed by atoms with E-state index in [0.29, 0.717) is 17.5 Å². The molecule has 118 valence electrons. The van der Waals surface area contributed by atoms with E-state index in [4.69, 9.17) is 0 Å². The number of alkyl halides is 3. The Morgan fingerprint density at radius 1 is 1.10 bits per heavy atom. The molecule has 0 aromatic heterocycles. The summed E-state index contributed by atoms with van der Waals surface area (Å²) in [6, 6.07) is 5.91. The van der Waals surface area contributed by atoms with Gasteiger partial charge in [0.15, 0.2) is 0 Å². The molecule has 0 aliphatic heterocycles. The molecule has 1 fully saturated rings. The number of hydrogen-bond acceptors (Lipinski definition) is 1. The van der Waals surface area contributed by atoms with Gasteiger partial charge < -0.3 is 5.32 Å². The first kappa shape index (κ1) is 16.3. The van der Waals surface area contributed by atoms with Crippen molar-refractivity contribution in [2.45, 2.75) is 64.2 Å². The molecule has 1 nitrogen and oxygen atoms in total. The Hall–Kier alpha value is -1.03. The smallest absolute Gasteiger partial charge is 0.307 e. The van der Waals surface area contributed by atoms with Gasteiger partial charge in [0.1, 0.15) is 0 Å². The summed E-state index contributed by atoms with van der Waals surface area (Å²) in [4.78, 5) is 0. The SMILES string of the molecule is CC(N[C@@H](C)C1CCCCC1)c1cccc(C(F)(F)F)c1. The fourth-order valence-corrected chi connectivity index (χ4v) is 3.25. The Labute approximate surface area is 124 Å². The predicted molar refractivity (Wildman–Crippen MR) is 79.0 cm³/mol. The number of rotatable bonds is 4. The molecule has 1 aromatic carbocycles. The molecule has 1 aliphatic rings. The minimum Gasteiger partial charge on any atom is -0.307 e. The zero-order valence-corrected chi connectivity index (χ0v) is 12.7. The van der Waals surface area contributed by atoms with Gasteiger partial charge >= 0.3 is 6.18 Å². The van der Waals surface area contributed by atoms with Gasteiger partial charge in [0.05, 0.1) is 5.56 Å². The maximum atomic E-state index is 12.8.